The van der Waals surface area contributed by atoms with Crippen LogP contribution in [0.1, 0.15) is 21.7 Å². The van der Waals surface area contributed by atoms with E-state index in [0.29, 0.717) is 6.54 Å². The summed E-state index contributed by atoms with van der Waals surface area (Å²) in [4.78, 5) is 17.2. The van der Waals surface area contributed by atoms with E-state index in [1.165, 1.54) is 15.3 Å². The fraction of sp³-hybridized carbons (Fsp3) is 0.286. The van der Waals surface area contributed by atoms with Gasteiger partial charge in [-0.25, -0.2) is 0 Å². The minimum atomic E-state index is 0.103. The minimum Gasteiger partial charge on any atom is -0.355 e. The molecule has 2 aromatic heterocycles. The van der Waals surface area contributed by atoms with E-state index < -0.39 is 0 Å². The molecule has 0 bridgehead atoms. The summed E-state index contributed by atoms with van der Waals surface area (Å²) in [6.45, 7) is 2.78. The molecule has 0 saturated carbocycles. The van der Waals surface area contributed by atoms with Crippen LogP contribution in [0, 0.1) is 0 Å². The lowest BCUT2D eigenvalue weighted by Crippen LogP contribution is -2.36. The highest BCUT2D eigenvalue weighted by Crippen LogP contribution is 2.16. The second-order valence-corrected chi connectivity index (χ2v) is 8.31. The molecule has 0 saturated heterocycles. The maximum absolute atomic E-state index is 12.4. The van der Waals surface area contributed by atoms with Crippen LogP contribution in [-0.4, -0.2) is 23.9 Å². The third-order valence-electron chi connectivity index (χ3n) is 4.09. The first-order valence-corrected chi connectivity index (χ1v) is 10.6. The first-order chi connectivity index (χ1) is 12.8. The van der Waals surface area contributed by atoms with E-state index in [9.17, 15) is 4.79 Å². The van der Waals surface area contributed by atoms with Crippen molar-refractivity contribution >= 4 is 28.6 Å². The zero-order valence-electron chi connectivity index (χ0n) is 14.8. The van der Waals surface area contributed by atoms with Crippen LogP contribution in [0.4, 0.5) is 0 Å². The fourth-order valence-electron chi connectivity index (χ4n) is 2.84. The zero-order valence-corrected chi connectivity index (χ0v) is 16.4. The SMILES string of the molecule is O=C(CN(Cc1cccs1)Cc1cccs1)NCCCc1ccccc1. The Hall–Kier alpha value is -1.95. The van der Waals surface area contributed by atoms with E-state index in [1.54, 1.807) is 22.7 Å². The van der Waals surface area contributed by atoms with Crippen molar-refractivity contribution in [3.63, 3.8) is 0 Å². The highest BCUT2D eigenvalue weighted by Gasteiger charge is 2.13. The normalized spacial score (nSPS) is 11.0. The number of nitrogens with zero attached hydrogens (tertiary/aromatic N) is 1. The van der Waals surface area contributed by atoms with Crippen molar-refractivity contribution in [1.82, 2.24) is 10.2 Å². The number of rotatable bonds is 10. The summed E-state index contributed by atoms with van der Waals surface area (Å²) in [6.07, 6.45) is 1.96. The van der Waals surface area contributed by atoms with Gasteiger partial charge in [0, 0.05) is 29.4 Å². The average molecular weight is 385 g/mol. The van der Waals surface area contributed by atoms with Crippen LogP contribution in [0.2, 0.25) is 0 Å². The molecule has 136 valence electrons. The molecule has 1 amide bonds. The molecule has 1 aromatic carbocycles. The van der Waals surface area contributed by atoms with Gasteiger partial charge in [-0.05, 0) is 41.3 Å². The van der Waals surface area contributed by atoms with Gasteiger partial charge < -0.3 is 5.32 Å². The molecular weight excluding hydrogens is 360 g/mol. The quantitative estimate of drug-likeness (QED) is 0.520. The van der Waals surface area contributed by atoms with E-state index in [-0.39, 0.29) is 5.91 Å². The summed E-state index contributed by atoms with van der Waals surface area (Å²) in [6, 6.07) is 18.8. The molecule has 3 nitrogen and oxygen atoms in total. The molecular formula is C21H24N2OS2. The first kappa shape index (κ1) is 18.8. The van der Waals surface area contributed by atoms with E-state index in [2.05, 4.69) is 69.5 Å². The monoisotopic (exact) mass is 384 g/mol. The molecule has 5 heteroatoms. The number of carbonyl (C=O) groups is 1. The Balaban J connectivity index is 1.45. The largest absolute Gasteiger partial charge is 0.355 e. The first-order valence-electron chi connectivity index (χ1n) is 8.87. The van der Waals surface area contributed by atoms with Gasteiger partial charge in [-0.1, -0.05) is 42.5 Å². The van der Waals surface area contributed by atoms with Gasteiger partial charge in [-0.3, -0.25) is 9.69 Å². The predicted molar refractivity (Wildman–Crippen MR) is 111 cm³/mol. The molecule has 3 rings (SSSR count). The molecule has 0 unspecified atom stereocenters. The molecule has 0 atom stereocenters. The third-order valence-corrected chi connectivity index (χ3v) is 5.82. The van der Waals surface area contributed by atoms with Crippen LogP contribution in [0.25, 0.3) is 0 Å². The standard InChI is InChI=1S/C21H24N2OS2/c24-21(22-12-4-9-18-7-2-1-3-8-18)17-23(15-19-10-5-13-25-19)16-20-11-6-14-26-20/h1-3,5-8,10-11,13-14H,4,9,12,15-17H2,(H,22,24). The van der Waals surface area contributed by atoms with E-state index >= 15 is 0 Å². The van der Waals surface area contributed by atoms with Gasteiger partial charge in [0.1, 0.15) is 0 Å². The Morgan fingerprint density at radius 1 is 0.885 bits per heavy atom. The smallest absolute Gasteiger partial charge is 0.234 e. The van der Waals surface area contributed by atoms with Crippen molar-refractivity contribution < 1.29 is 4.79 Å². The molecule has 2 heterocycles. The molecule has 0 aliphatic carbocycles. The van der Waals surface area contributed by atoms with Crippen LogP contribution in [-0.2, 0) is 24.3 Å². The van der Waals surface area contributed by atoms with Crippen molar-refractivity contribution in [2.45, 2.75) is 25.9 Å². The van der Waals surface area contributed by atoms with Gasteiger partial charge in [0.15, 0.2) is 0 Å². The molecule has 0 aliphatic heterocycles. The van der Waals surface area contributed by atoms with Crippen molar-refractivity contribution in [3.8, 4) is 0 Å². The summed E-state index contributed by atoms with van der Waals surface area (Å²) in [5.41, 5.74) is 1.32. The maximum atomic E-state index is 12.4. The highest BCUT2D eigenvalue weighted by molar-refractivity contribution is 7.10. The van der Waals surface area contributed by atoms with Gasteiger partial charge >= 0.3 is 0 Å². The second-order valence-electron chi connectivity index (χ2n) is 6.24. The Morgan fingerprint density at radius 2 is 1.54 bits per heavy atom. The van der Waals surface area contributed by atoms with Crippen molar-refractivity contribution in [1.29, 1.82) is 0 Å². The van der Waals surface area contributed by atoms with E-state index in [4.69, 9.17) is 0 Å². The topological polar surface area (TPSA) is 32.3 Å². The Labute approximate surface area is 163 Å². The van der Waals surface area contributed by atoms with Crippen molar-refractivity contribution in [2.75, 3.05) is 13.1 Å². The number of benzene rings is 1. The minimum absolute atomic E-state index is 0.103. The molecule has 0 fully saturated rings. The Bertz CT molecular complexity index is 718. The predicted octanol–water partition coefficient (Wildman–Crippen LogP) is 4.56. The summed E-state index contributed by atoms with van der Waals surface area (Å²) >= 11 is 3.48. The van der Waals surface area contributed by atoms with Crippen molar-refractivity contribution in [3.05, 3.63) is 80.7 Å². The average Bonchev–Trinajstić information content (AvgIpc) is 3.34. The number of carbonyl (C=O) groups excluding carboxylic acids is 1. The van der Waals surface area contributed by atoms with Crippen LogP contribution >= 0.6 is 22.7 Å². The highest BCUT2D eigenvalue weighted by atomic mass is 32.1. The van der Waals surface area contributed by atoms with Gasteiger partial charge in [0.05, 0.1) is 6.54 Å². The lowest BCUT2D eigenvalue weighted by molar-refractivity contribution is -0.122. The number of nitrogens with one attached hydrogen (secondary N) is 1. The summed E-state index contributed by atoms with van der Waals surface area (Å²) < 4.78 is 0. The number of amides is 1. The van der Waals surface area contributed by atoms with Crippen molar-refractivity contribution in [2.24, 2.45) is 0 Å². The lowest BCUT2D eigenvalue weighted by atomic mass is 10.1. The van der Waals surface area contributed by atoms with Crippen LogP contribution in [0.15, 0.2) is 65.4 Å². The maximum Gasteiger partial charge on any atom is 0.234 e. The number of hydrogen-bond acceptors (Lipinski definition) is 4. The van der Waals surface area contributed by atoms with Crippen LogP contribution in [0.3, 0.4) is 0 Å². The molecule has 0 spiro atoms. The van der Waals surface area contributed by atoms with Crippen LogP contribution in [0.5, 0.6) is 0 Å². The van der Waals surface area contributed by atoms with E-state index in [1.807, 2.05) is 6.07 Å². The van der Waals surface area contributed by atoms with E-state index in [0.717, 1.165) is 32.5 Å². The Morgan fingerprint density at radius 3 is 2.12 bits per heavy atom. The number of thiophene rings is 2. The molecule has 0 aliphatic rings. The van der Waals surface area contributed by atoms with Gasteiger partial charge in [0.25, 0.3) is 0 Å². The van der Waals surface area contributed by atoms with Gasteiger partial charge in [-0.15, -0.1) is 22.7 Å². The lowest BCUT2D eigenvalue weighted by Gasteiger charge is -2.20. The number of aryl methyl sites for hydroxylation is 1. The third kappa shape index (κ3) is 6.41. The van der Waals surface area contributed by atoms with Gasteiger partial charge in [-0.2, -0.15) is 0 Å². The molecule has 1 N–H and O–H groups in total. The Kier molecular flexibility index (Phi) is 7.43. The summed E-state index contributed by atoms with van der Waals surface area (Å²) in [7, 11) is 0. The molecule has 0 radical (unpaired) electrons. The zero-order chi connectivity index (χ0) is 18.0. The summed E-state index contributed by atoms with van der Waals surface area (Å²) in [5.74, 6) is 0.103. The molecule has 3 aromatic rings. The molecule has 26 heavy (non-hydrogen) atoms. The van der Waals surface area contributed by atoms with Gasteiger partial charge in [0.2, 0.25) is 5.91 Å². The fourth-order valence-corrected chi connectivity index (χ4v) is 4.33. The summed E-state index contributed by atoms with van der Waals surface area (Å²) in [5, 5.41) is 7.24. The second kappa shape index (κ2) is 10.3. The number of hydrogen-bond donors (Lipinski definition) is 1. The van der Waals surface area contributed by atoms with Crippen LogP contribution < -0.4 is 5.32 Å².